The Balaban J connectivity index is -0.0000000853. The van der Waals surface area contributed by atoms with Crippen LogP contribution in [0.15, 0.2) is 0 Å². The Labute approximate surface area is 120 Å². The third-order valence-corrected chi connectivity index (χ3v) is 1.12. The number of ether oxygens (including phenoxy) is 3. The summed E-state index contributed by atoms with van der Waals surface area (Å²) in [6.45, 7) is 5.33. The molecule has 0 fully saturated rings. The molecule has 3 atom stereocenters. The second-order valence-electron chi connectivity index (χ2n) is 3.34. The molecule has 0 spiro atoms. The van der Waals surface area contributed by atoms with Crippen LogP contribution < -0.4 is 17.2 Å². The van der Waals surface area contributed by atoms with Crippen molar-refractivity contribution in [3.8, 4) is 0 Å². The van der Waals surface area contributed by atoms with Crippen molar-refractivity contribution in [2.24, 2.45) is 17.2 Å². The Hall–Kier alpha value is -0.130. The van der Waals surface area contributed by atoms with E-state index in [2.05, 4.69) is 14.2 Å². The Morgan fingerprint density at radius 2 is 0.800 bits per heavy atom. The molecular weight excluding hydrogens is 293 g/mol. The van der Waals surface area contributed by atoms with Crippen LogP contribution >= 0.6 is 7.82 Å². The van der Waals surface area contributed by atoms with Crippen LogP contribution in [0.1, 0.15) is 20.8 Å². The molecule has 0 aliphatic rings. The lowest BCUT2D eigenvalue weighted by Crippen LogP contribution is -2.15. The third kappa shape index (κ3) is 148. The molecule has 0 rings (SSSR count). The standard InChI is InChI=1S/3C3H9NO.H3O4P/c3*1-3(4)5-2;1-5(2,3)4/h3*3H,4H2,1-2H3;(H3,1,2,3,4). The fourth-order valence-corrected chi connectivity index (χ4v) is 0. The fraction of sp³-hybridized carbons (Fsp3) is 1.00. The summed E-state index contributed by atoms with van der Waals surface area (Å²) in [5.41, 5.74) is 15.2. The van der Waals surface area contributed by atoms with Crippen molar-refractivity contribution in [2.45, 2.75) is 39.5 Å². The van der Waals surface area contributed by atoms with Crippen LogP contribution in [0.2, 0.25) is 0 Å². The van der Waals surface area contributed by atoms with E-state index in [1.807, 2.05) is 0 Å². The highest BCUT2D eigenvalue weighted by Gasteiger charge is 2.00. The van der Waals surface area contributed by atoms with Gasteiger partial charge in [0.25, 0.3) is 0 Å². The van der Waals surface area contributed by atoms with E-state index in [1.54, 1.807) is 42.1 Å². The van der Waals surface area contributed by atoms with Gasteiger partial charge in [0.2, 0.25) is 0 Å². The molecule has 0 radical (unpaired) electrons. The summed E-state index contributed by atoms with van der Waals surface area (Å²) < 4.78 is 22.5. The summed E-state index contributed by atoms with van der Waals surface area (Å²) in [6, 6.07) is 0. The Morgan fingerprint density at radius 3 is 0.800 bits per heavy atom. The molecule has 11 heteroatoms. The van der Waals surface area contributed by atoms with Gasteiger partial charge in [-0.3, -0.25) is 0 Å². The van der Waals surface area contributed by atoms with Crippen LogP contribution in [0.3, 0.4) is 0 Å². The maximum atomic E-state index is 8.88. The summed E-state index contributed by atoms with van der Waals surface area (Å²) in [5, 5.41) is 0. The third-order valence-electron chi connectivity index (χ3n) is 1.12. The summed E-state index contributed by atoms with van der Waals surface area (Å²) >= 11 is 0. The van der Waals surface area contributed by atoms with Crippen LogP contribution in [0.4, 0.5) is 0 Å². The molecule has 0 aromatic carbocycles. The van der Waals surface area contributed by atoms with Gasteiger partial charge in [-0.15, -0.1) is 0 Å². The number of phosphoric acid groups is 1. The molecule has 0 aliphatic heterocycles. The first kappa shape index (κ1) is 28.1. The lowest BCUT2D eigenvalue weighted by molar-refractivity contribution is 0.124. The molecule has 0 heterocycles. The predicted molar refractivity (Wildman–Crippen MR) is 76.2 cm³/mol. The molecule has 10 nitrogen and oxygen atoms in total. The number of hydrogen-bond acceptors (Lipinski definition) is 7. The van der Waals surface area contributed by atoms with Crippen LogP contribution in [0.25, 0.3) is 0 Å². The molecule has 3 unspecified atom stereocenters. The van der Waals surface area contributed by atoms with Crippen LogP contribution in [-0.2, 0) is 18.8 Å². The van der Waals surface area contributed by atoms with Gasteiger partial charge in [0.05, 0.1) is 0 Å². The van der Waals surface area contributed by atoms with Gasteiger partial charge in [-0.1, -0.05) is 0 Å². The van der Waals surface area contributed by atoms with Gasteiger partial charge in [-0.05, 0) is 20.8 Å². The van der Waals surface area contributed by atoms with E-state index < -0.39 is 7.82 Å². The van der Waals surface area contributed by atoms with Gasteiger partial charge in [0.15, 0.2) is 0 Å². The molecule has 0 bridgehead atoms. The van der Waals surface area contributed by atoms with Crippen molar-refractivity contribution in [1.29, 1.82) is 0 Å². The average molecular weight is 323 g/mol. The quantitative estimate of drug-likeness (QED) is 0.275. The average Bonchev–Trinajstić information content (AvgIpc) is 2.28. The number of hydrogen-bond donors (Lipinski definition) is 6. The number of rotatable bonds is 3. The van der Waals surface area contributed by atoms with Crippen molar-refractivity contribution >= 4 is 7.82 Å². The van der Waals surface area contributed by atoms with E-state index >= 15 is 0 Å². The van der Waals surface area contributed by atoms with Gasteiger partial charge in [0.1, 0.15) is 18.7 Å². The van der Waals surface area contributed by atoms with Gasteiger partial charge in [-0.25, -0.2) is 4.57 Å². The predicted octanol–water partition coefficient (Wildman–Crippen LogP) is -1.12. The zero-order valence-electron chi connectivity index (χ0n) is 12.9. The normalized spacial score (nSPS) is 14.2. The van der Waals surface area contributed by atoms with E-state index in [-0.39, 0.29) is 18.7 Å². The highest BCUT2D eigenvalue weighted by Crippen LogP contribution is 2.25. The molecule has 0 amide bonds. The maximum absolute atomic E-state index is 8.88. The molecule has 0 aliphatic carbocycles. The molecule has 0 saturated heterocycles. The lowest BCUT2D eigenvalue weighted by Gasteiger charge is -1.95. The molecule has 9 N–H and O–H groups in total. The smallest absolute Gasteiger partial charge is 0.367 e. The first-order chi connectivity index (χ1) is 8.81. The summed E-state index contributed by atoms with van der Waals surface area (Å²) in [4.78, 5) is 21.6. The molecule has 128 valence electrons. The molecule has 0 aromatic heterocycles. The largest absolute Gasteiger partial charge is 0.466 e. The van der Waals surface area contributed by atoms with Crippen LogP contribution in [0, 0.1) is 0 Å². The Kier molecular flexibility index (Phi) is 26.5. The van der Waals surface area contributed by atoms with Crippen LogP contribution in [0.5, 0.6) is 0 Å². The second kappa shape index (κ2) is 18.9. The van der Waals surface area contributed by atoms with Crippen molar-refractivity contribution in [3.05, 3.63) is 0 Å². The maximum Gasteiger partial charge on any atom is 0.466 e. The monoisotopic (exact) mass is 323 g/mol. The van der Waals surface area contributed by atoms with Gasteiger partial charge >= 0.3 is 7.82 Å². The van der Waals surface area contributed by atoms with Crippen LogP contribution in [-0.4, -0.2) is 54.7 Å². The minimum absolute atomic E-state index is 0.116. The Bertz CT molecular complexity index is 184. The number of nitrogens with two attached hydrogens (primary N) is 3. The molecule has 0 aromatic rings. The first-order valence-electron chi connectivity index (χ1n) is 5.45. The van der Waals surface area contributed by atoms with E-state index in [9.17, 15) is 0 Å². The van der Waals surface area contributed by atoms with Crippen molar-refractivity contribution in [1.82, 2.24) is 0 Å². The zero-order chi connectivity index (χ0) is 17.4. The summed E-state index contributed by atoms with van der Waals surface area (Å²) in [7, 11) is 0.0833. The minimum Gasteiger partial charge on any atom is -0.367 e. The Morgan fingerprint density at radius 1 is 0.750 bits per heavy atom. The second-order valence-corrected chi connectivity index (χ2v) is 4.36. The fourth-order valence-electron chi connectivity index (χ4n) is 0. The van der Waals surface area contributed by atoms with E-state index in [4.69, 9.17) is 36.4 Å². The van der Waals surface area contributed by atoms with Crippen molar-refractivity contribution < 1.29 is 33.5 Å². The molecule has 20 heavy (non-hydrogen) atoms. The SMILES string of the molecule is COC(C)N.COC(C)N.COC(C)N.O=P(O)(O)O. The van der Waals surface area contributed by atoms with Crippen molar-refractivity contribution in [2.75, 3.05) is 21.3 Å². The highest BCUT2D eigenvalue weighted by molar-refractivity contribution is 7.45. The minimum atomic E-state index is -4.64. The summed E-state index contributed by atoms with van der Waals surface area (Å²) in [6.07, 6.45) is -0.347. The van der Waals surface area contributed by atoms with E-state index in [1.165, 1.54) is 0 Å². The topological polar surface area (TPSA) is 184 Å². The van der Waals surface area contributed by atoms with Crippen molar-refractivity contribution in [3.63, 3.8) is 0 Å². The lowest BCUT2D eigenvalue weighted by atomic mass is 10.7. The van der Waals surface area contributed by atoms with E-state index in [0.29, 0.717) is 0 Å². The highest BCUT2D eigenvalue weighted by atomic mass is 31.2. The van der Waals surface area contributed by atoms with Gasteiger partial charge in [0, 0.05) is 21.3 Å². The van der Waals surface area contributed by atoms with E-state index in [0.717, 1.165) is 0 Å². The van der Waals surface area contributed by atoms with Gasteiger partial charge < -0.3 is 46.1 Å². The summed E-state index contributed by atoms with van der Waals surface area (Å²) in [5.74, 6) is 0. The van der Waals surface area contributed by atoms with Gasteiger partial charge in [-0.2, -0.15) is 0 Å². The molecular formula is C9H30N3O7P. The zero-order valence-corrected chi connectivity index (χ0v) is 13.8. The first-order valence-corrected chi connectivity index (χ1v) is 7.01. The number of methoxy groups -OCH3 is 3. The molecule has 0 saturated carbocycles.